The van der Waals surface area contributed by atoms with Gasteiger partial charge in [0.15, 0.2) is 0 Å². The lowest BCUT2D eigenvalue weighted by Gasteiger charge is -2.43. The number of thiocarbonyl (C=S) groups is 1. The molecule has 0 spiro atoms. The van der Waals surface area contributed by atoms with E-state index >= 15 is 0 Å². The SMILES string of the molecule is CN(C)C1CCCN(C(=O)C2(C(N)=S)CCOCC2)C1. The van der Waals surface area contributed by atoms with Crippen LogP contribution in [0.1, 0.15) is 25.7 Å². The number of amides is 1. The monoisotopic (exact) mass is 299 g/mol. The summed E-state index contributed by atoms with van der Waals surface area (Å²) in [6, 6.07) is 0.427. The fourth-order valence-electron chi connectivity index (χ4n) is 3.15. The molecule has 114 valence electrons. The van der Waals surface area contributed by atoms with Gasteiger partial charge in [-0.15, -0.1) is 0 Å². The molecule has 2 saturated heterocycles. The molecular weight excluding hydrogens is 274 g/mol. The van der Waals surface area contributed by atoms with E-state index in [9.17, 15) is 4.79 Å². The van der Waals surface area contributed by atoms with Crippen molar-refractivity contribution >= 4 is 23.1 Å². The molecule has 0 saturated carbocycles. The van der Waals surface area contributed by atoms with Crippen molar-refractivity contribution in [1.82, 2.24) is 9.80 Å². The highest BCUT2D eigenvalue weighted by molar-refractivity contribution is 7.80. The summed E-state index contributed by atoms with van der Waals surface area (Å²) >= 11 is 5.22. The van der Waals surface area contributed by atoms with E-state index in [1.54, 1.807) is 0 Å². The normalized spacial score (nSPS) is 26.6. The van der Waals surface area contributed by atoms with Crippen LogP contribution >= 0.6 is 12.2 Å². The summed E-state index contributed by atoms with van der Waals surface area (Å²) in [5.41, 5.74) is 5.24. The minimum Gasteiger partial charge on any atom is -0.392 e. The average molecular weight is 299 g/mol. The fraction of sp³-hybridized carbons (Fsp3) is 0.857. The molecule has 2 heterocycles. The van der Waals surface area contributed by atoms with Gasteiger partial charge in [-0.05, 0) is 39.8 Å². The summed E-state index contributed by atoms with van der Waals surface area (Å²) in [4.78, 5) is 17.4. The quantitative estimate of drug-likeness (QED) is 0.774. The Kier molecular flexibility index (Phi) is 4.99. The molecule has 0 aromatic carbocycles. The number of carbonyl (C=O) groups excluding carboxylic acids is 1. The van der Waals surface area contributed by atoms with Crippen molar-refractivity contribution in [2.75, 3.05) is 40.4 Å². The van der Waals surface area contributed by atoms with Gasteiger partial charge in [-0.1, -0.05) is 12.2 Å². The molecule has 6 heteroatoms. The number of ether oxygens (including phenoxy) is 1. The zero-order valence-corrected chi connectivity index (χ0v) is 13.2. The zero-order chi connectivity index (χ0) is 14.8. The Morgan fingerprint density at radius 3 is 2.60 bits per heavy atom. The van der Waals surface area contributed by atoms with E-state index < -0.39 is 5.41 Å². The number of nitrogens with two attached hydrogens (primary N) is 1. The van der Waals surface area contributed by atoms with Gasteiger partial charge in [0, 0.05) is 32.3 Å². The van der Waals surface area contributed by atoms with E-state index in [4.69, 9.17) is 22.7 Å². The first-order valence-electron chi connectivity index (χ1n) is 7.31. The lowest BCUT2D eigenvalue weighted by molar-refractivity contribution is -0.144. The van der Waals surface area contributed by atoms with Gasteiger partial charge in [0.05, 0.1) is 4.99 Å². The molecule has 1 atom stereocenters. The first-order chi connectivity index (χ1) is 9.47. The molecule has 2 aliphatic heterocycles. The third-order valence-corrected chi connectivity index (χ3v) is 5.03. The number of piperidine rings is 1. The summed E-state index contributed by atoms with van der Waals surface area (Å²) in [5, 5.41) is 0. The number of likely N-dealkylation sites (tertiary alicyclic amines) is 1. The van der Waals surface area contributed by atoms with Crippen LogP contribution in [0.15, 0.2) is 0 Å². The van der Waals surface area contributed by atoms with Gasteiger partial charge in [-0.3, -0.25) is 4.79 Å². The molecule has 2 rings (SSSR count). The van der Waals surface area contributed by atoms with Crippen molar-refractivity contribution in [1.29, 1.82) is 0 Å². The Bertz CT molecular complexity index is 381. The van der Waals surface area contributed by atoms with Gasteiger partial charge < -0.3 is 20.3 Å². The number of hydrogen-bond donors (Lipinski definition) is 1. The first-order valence-corrected chi connectivity index (χ1v) is 7.71. The van der Waals surface area contributed by atoms with Crippen molar-refractivity contribution in [3.8, 4) is 0 Å². The molecule has 2 fully saturated rings. The smallest absolute Gasteiger partial charge is 0.235 e. The van der Waals surface area contributed by atoms with Crippen molar-refractivity contribution in [3.63, 3.8) is 0 Å². The molecule has 20 heavy (non-hydrogen) atoms. The summed E-state index contributed by atoms with van der Waals surface area (Å²) < 4.78 is 5.38. The summed E-state index contributed by atoms with van der Waals surface area (Å²) in [7, 11) is 4.13. The predicted molar refractivity (Wildman–Crippen MR) is 82.6 cm³/mol. The predicted octanol–water partition coefficient (Wildman–Crippen LogP) is 0.622. The molecule has 0 bridgehead atoms. The van der Waals surface area contributed by atoms with Gasteiger partial charge in [-0.25, -0.2) is 0 Å². The highest BCUT2D eigenvalue weighted by Gasteiger charge is 2.46. The number of nitrogens with zero attached hydrogens (tertiary/aromatic N) is 2. The minimum atomic E-state index is -0.679. The van der Waals surface area contributed by atoms with E-state index in [0.29, 0.717) is 37.1 Å². The Morgan fingerprint density at radius 2 is 2.05 bits per heavy atom. The summed E-state index contributed by atoms with van der Waals surface area (Å²) in [5.74, 6) is 0.111. The highest BCUT2D eigenvalue weighted by Crippen LogP contribution is 2.34. The van der Waals surface area contributed by atoms with Crippen molar-refractivity contribution < 1.29 is 9.53 Å². The van der Waals surface area contributed by atoms with Crippen molar-refractivity contribution in [2.24, 2.45) is 11.1 Å². The molecule has 2 N–H and O–H groups in total. The molecule has 0 aromatic rings. The first kappa shape index (κ1) is 15.7. The van der Waals surface area contributed by atoms with Crippen LogP contribution in [0.25, 0.3) is 0 Å². The molecule has 1 unspecified atom stereocenters. The van der Waals surface area contributed by atoms with Gasteiger partial charge in [0.25, 0.3) is 0 Å². The average Bonchev–Trinajstić information content (AvgIpc) is 2.47. The Labute approximate surface area is 126 Å². The Morgan fingerprint density at radius 1 is 1.40 bits per heavy atom. The lowest BCUT2D eigenvalue weighted by Crippen LogP contribution is -2.57. The largest absolute Gasteiger partial charge is 0.392 e. The second-order valence-electron chi connectivity index (χ2n) is 6.07. The number of carbonyl (C=O) groups is 1. The molecular formula is C14H25N3O2S. The summed E-state index contributed by atoms with van der Waals surface area (Å²) in [6.07, 6.45) is 3.41. The van der Waals surface area contributed by atoms with Gasteiger partial charge >= 0.3 is 0 Å². The molecule has 0 aliphatic carbocycles. The van der Waals surface area contributed by atoms with E-state index in [1.165, 1.54) is 0 Å². The van der Waals surface area contributed by atoms with Crippen LogP contribution < -0.4 is 5.73 Å². The second kappa shape index (κ2) is 6.37. The molecule has 1 amide bonds. The molecule has 5 nitrogen and oxygen atoms in total. The Balaban J connectivity index is 2.13. The number of likely N-dealkylation sites (N-methyl/N-ethyl adjacent to an activating group) is 1. The van der Waals surface area contributed by atoms with Crippen LogP contribution in [0.3, 0.4) is 0 Å². The summed E-state index contributed by atoms with van der Waals surface area (Å²) in [6.45, 7) is 2.72. The second-order valence-corrected chi connectivity index (χ2v) is 6.51. The number of hydrogen-bond acceptors (Lipinski definition) is 4. The molecule has 0 radical (unpaired) electrons. The third-order valence-electron chi connectivity index (χ3n) is 4.64. The third kappa shape index (κ3) is 2.97. The highest BCUT2D eigenvalue weighted by atomic mass is 32.1. The van der Waals surface area contributed by atoms with Gasteiger partial charge in [0.2, 0.25) is 5.91 Å². The standard InChI is InChI=1S/C14H25N3O2S/c1-16(2)11-4-3-7-17(10-11)13(18)14(12(15)20)5-8-19-9-6-14/h11H,3-10H2,1-2H3,(H2,15,20). The van der Waals surface area contributed by atoms with Crippen LogP contribution in [-0.2, 0) is 9.53 Å². The van der Waals surface area contributed by atoms with Gasteiger partial charge in [0.1, 0.15) is 5.41 Å². The van der Waals surface area contributed by atoms with E-state index in [1.807, 2.05) is 4.90 Å². The topological polar surface area (TPSA) is 58.8 Å². The maximum Gasteiger partial charge on any atom is 0.235 e. The fourth-order valence-corrected chi connectivity index (χ4v) is 3.44. The zero-order valence-electron chi connectivity index (χ0n) is 12.4. The van der Waals surface area contributed by atoms with E-state index in [0.717, 1.165) is 25.9 Å². The van der Waals surface area contributed by atoms with Crippen LogP contribution in [0.2, 0.25) is 0 Å². The Hall–Kier alpha value is -0.720. The van der Waals surface area contributed by atoms with Crippen LogP contribution in [0.4, 0.5) is 0 Å². The molecule has 2 aliphatic rings. The maximum atomic E-state index is 13.0. The van der Waals surface area contributed by atoms with Crippen molar-refractivity contribution in [2.45, 2.75) is 31.7 Å². The number of rotatable bonds is 3. The van der Waals surface area contributed by atoms with Crippen LogP contribution in [0.5, 0.6) is 0 Å². The molecule has 0 aromatic heterocycles. The minimum absolute atomic E-state index is 0.111. The van der Waals surface area contributed by atoms with Crippen LogP contribution in [0, 0.1) is 5.41 Å². The van der Waals surface area contributed by atoms with E-state index in [-0.39, 0.29) is 5.91 Å². The van der Waals surface area contributed by atoms with E-state index in [2.05, 4.69) is 19.0 Å². The maximum absolute atomic E-state index is 13.0. The van der Waals surface area contributed by atoms with Crippen molar-refractivity contribution in [3.05, 3.63) is 0 Å². The van der Waals surface area contributed by atoms with Gasteiger partial charge in [-0.2, -0.15) is 0 Å². The van der Waals surface area contributed by atoms with Crippen LogP contribution in [-0.4, -0.2) is 67.1 Å². The lowest BCUT2D eigenvalue weighted by atomic mass is 9.78.